The van der Waals surface area contributed by atoms with Crippen molar-refractivity contribution in [3.63, 3.8) is 0 Å². The van der Waals surface area contributed by atoms with Gasteiger partial charge < -0.3 is 5.48 Å². The Morgan fingerprint density at radius 3 is 1.21 bits per heavy atom. The summed E-state index contributed by atoms with van der Waals surface area (Å²) in [5.74, 6) is 0. The molecule has 0 saturated carbocycles. The van der Waals surface area contributed by atoms with Crippen molar-refractivity contribution < 1.29 is 5.48 Å². The standard InChI is InChI=1S/C11H26SSi.H2O/c1-9(2)13(8-12-7,10(3)4)11(5)6;/h9-11H,8H2,1-7H3;1H2. The van der Waals surface area contributed by atoms with Gasteiger partial charge in [-0.3, -0.25) is 0 Å². The Kier molecular flexibility index (Phi) is 8.36. The fourth-order valence-corrected chi connectivity index (χ4v) is 12.8. The Hall–Kier alpha value is 0.527. The summed E-state index contributed by atoms with van der Waals surface area (Å²) in [5.41, 5.74) is 2.75. The maximum absolute atomic E-state index is 2.43. The van der Waals surface area contributed by atoms with Crippen molar-refractivity contribution in [2.45, 2.75) is 58.2 Å². The van der Waals surface area contributed by atoms with Crippen LogP contribution in [0.2, 0.25) is 16.6 Å². The van der Waals surface area contributed by atoms with Crippen molar-refractivity contribution in [1.29, 1.82) is 0 Å². The fourth-order valence-electron chi connectivity index (χ4n) is 2.75. The molecule has 0 radical (unpaired) electrons. The SMILES string of the molecule is CSC[Si](C(C)C)(C(C)C)C(C)C.O. The van der Waals surface area contributed by atoms with Crippen LogP contribution in [-0.2, 0) is 0 Å². The Morgan fingerprint density at radius 1 is 0.857 bits per heavy atom. The molecule has 1 nitrogen and oxygen atoms in total. The summed E-state index contributed by atoms with van der Waals surface area (Å²) in [6.45, 7) is 14.6. The Morgan fingerprint density at radius 2 is 1.14 bits per heavy atom. The van der Waals surface area contributed by atoms with Gasteiger partial charge in [0.15, 0.2) is 0 Å². The molecule has 0 spiro atoms. The van der Waals surface area contributed by atoms with Crippen molar-refractivity contribution in [1.82, 2.24) is 0 Å². The lowest BCUT2D eigenvalue weighted by Crippen LogP contribution is -2.47. The Balaban J connectivity index is 0. The smallest absolute Gasteiger partial charge is 0.0714 e. The third-order valence-electron chi connectivity index (χ3n) is 3.62. The molecule has 0 amide bonds. The van der Waals surface area contributed by atoms with Crippen LogP contribution in [-0.4, -0.2) is 25.2 Å². The highest BCUT2D eigenvalue weighted by molar-refractivity contribution is 8.00. The summed E-state index contributed by atoms with van der Waals surface area (Å²) in [6.07, 6.45) is 2.26. The van der Waals surface area contributed by atoms with Crippen LogP contribution in [0.5, 0.6) is 0 Å². The van der Waals surface area contributed by atoms with E-state index in [1.807, 2.05) is 0 Å². The molecule has 0 rings (SSSR count). The molecular weight excluding hydrogens is 208 g/mol. The summed E-state index contributed by atoms with van der Waals surface area (Å²) in [6, 6.07) is 0. The maximum atomic E-state index is 2.43. The van der Waals surface area contributed by atoms with Crippen molar-refractivity contribution in [2.24, 2.45) is 0 Å². The molecule has 0 aromatic heterocycles. The van der Waals surface area contributed by atoms with E-state index < -0.39 is 8.07 Å². The van der Waals surface area contributed by atoms with E-state index in [0.717, 1.165) is 16.6 Å². The van der Waals surface area contributed by atoms with Gasteiger partial charge in [-0.25, -0.2) is 0 Å². The van der Waals surface area contributed by atoms with Crippen molar-refractivity contribution in [3.8, 4) is 0 Å². The largest absolute Gasteiger partial charge is 0.412 e. The zero-order chi connectivity index (χ0) is 10.6. The number of hydrogen-bond donors (Lipinski definition) is 0. The molecule has 0 aromatic carbocycles. The summed E-state index contributed by atoms with van der Waals surface area (Å²) in [5, 5.41) is 1.43. The minimum absolute atomic E-state index is 0. The second-order valence-electron chi connectivity index (χ2n) is 5.01. The monoisotopic (exact) mass is 236 g/mol. The Bertz CT molecular complexity index is 124. The second kappa shape index (κ2) is 6.91. The molecule has 3 heteroatoms. The van der Waals surface area contributed by atoms with Crippen LogP contribution in [0.15, 0.2) is 0 Å². The number of thioether (sulfide) groups is 1. The molecule has 0 aromatic rings. The van der Waals surface area contributed by atoms with Gasteiger partial charge in [-0.15, -0.1) is 0 Å². The molecule has 0 aliphatic rings. The topological polar surface area (TPSA) is 31.5 Å². The average Bonchev–Trinajstić information content (AvgIpc) is 1.97. The molecule has 0 heterocycles. The molecule has 0 aliphatic carbocycles. The predicted molar refractivity (Wildman–Crippen MR) is 73.0 cm³/mol. The minimum Gasteiger partial charge on any atom is -0.412 e. The molecule has 0 fully saturated rings. The first-order valence-corrected chi connectivity index (χ1v) is 9.21. The first kappa shape index (κ1) is 16.9. The fraction of sp³-hybridized carbons (Fsp3) is 1.00. The Labute approximate surface area is 95.4 Å². The van der Waals surface area contributed by atoms with Crippen LogP contribution in [0.3, 0.4) is 0 Å². The molecule has 0 atom stereocenters. The summed E-state index contributed by atoms with van der Waals surface area (Å²) >= 11 is 2.06. The number of hydrogen-bond acceptors (Lipinski definition) is 1. The number of rotatable bonds is 5. The van der Waals surface area contributed by atoms with Gasteiger partial charge in [0, 0.05) is 0 Å². The second-order valence-corrected chi connectivity index (χ2v) is 12.4. The van der Waals surface area contributed by atoms with E-state index in [1.165, 1.54) is 5.38 Å². The van der Waals surface area contributed by atoms with Gasteiger partial charge in [-0.1, -0.05) is 41.5 Å². The van der Waals surface area contributed by atoms with Gasteiger partial charge in [0.25, 0.3) is 0 Å². The van der Waals surface area contributed by atoms with Crippen LogP contribution in [0.4, 0.5) is 0 Å². The third-order valence-corrected chi connectivity index (χ3v) is 13.2. The summed E-state index contributed by atoms with van der Waals surface area (Å²) in [4.78, 5) is 0. The summed E-state index contributed by atoms with van der Waals surface area (Å²) < 4.78 is 0. The molecule has 14 heavy (non-hydrogen) atoms. The van der Waals surface area contributed by atoms with Gasteiger partial charge in [0.1, 0.15) is 0 Å². The lowest BCUT2D eigenvalue weighted by atomic mass is 10.5. The third kappa shape index (κ3) is 3.28. The van der Waals surface area contributed by atoms with Gasteiger partial charge in [-0.2, -0.15) is 11.8 Å². The van der Waals surface area contributed by atoms with Crippen LogP contribution < -0.4 is 0 Å². The minimum atomic E-state index is -1.06. The van der Waals surface area contributed by atoms with E-state index in [0.29, 0.717) is 0 Å². The maximum Gasteiger partial charge on any atom is 0.0714 e. The quantitative estimate of drug-likeness (QED) is 0.669. The van der Waals surface area contributed by atoms with Gasteiger partial charge in [0.05, 0.1) is 8.07 Å². The van der Waals surface area contributed by atoms with Crippen molar-refractivity contribution in [2.75, 3.05) is 11.6 Å². The first-order chi connectivity index (χ1) is 5.89. The van der Waals surface area contributed by atoms with Crippen LogP contribution in [0.1, 0.15) is 41.5 Å². The highest BCUT2D eigenvalue weighted by Gasteiger charge is 2.41. The van der Waals surface area contributed by atoms with Crippen molar-refractivity contribution in [3.05, 3.63) is 0 Å². The molecule has 0 saturated heterocycles. The van der Waals surface area contributed by atoms with Gasteiger partial charge in [0.2, 0.25) is 0 Å². The van der Waals surface area contributed by atoms with E-state index in [-0.39, 0.29) is 5.48 Å². The lowest BCUT2D eigenvalue weighted by Gasteiger charge is -2.42. The highest BCUT2D eigenvalue weighted by atomic mass is 32.2. The molecular formula is C11H28OSSi. The molecule has 88 valence electrons. The van der Waals surface area contributed by atoms with Crippen molar-refractivity contribution >= 4 is 19.8 Å². The van der Waals surface area contributed by atoms with E-state index in [1.54, 1.807) is 0 Å². The van der Waals surface area contributed by atoms with Crippen LogP contribution in [0, 0.1) is 0 Å². The lowest BCUT2D eigenvalue weighted by molar-refractivity contribution is 0.820. The zero-order valence-electron chi connectivity index (χ0n) is 10.8. The summed E-state index contributed by atoms with van der Waals surface area (Å²) in [7, 11) is -1.06. The molecule has 0 unspecified atom stereocenters. The normalized spacial score (nSPS) is 12.4. The van der Waals surface area contributed by atoms with Gasteiger partial charge in [-0.05, 0) is 28.3 Å². The highest BCUT2D eigenvalue weighted by Crippen LogP contribution is 2.42. The molecule has 2 N–H and O–H groups in total. The molecule has 0 bridgehead atoms. The van der Waals surface area contributed by atoms with E-state index in [2.05, 4.69) is 59.6 Å². The van der Waals surface area contributed by atoms with Crippen LogP contribution in [0.25, 0.3) is 0 Å². The predicted octanol–water partition coefficient (Wildman–Crippen LogP) is 3.74. The zero-order valence-corrected chi connectivity index (χ0v) is 12.7. The van der Waals surface area contributed by atoms with E-state index in [4.69, 9.17) is 0 Å². The average molecular weight is 236 g/mol. The van der Waals surface area contributed by atoms with Crippen LogP contribution >= 0.6 is 11.8 Å². The first-order valence-electron chi connectivity index (χ1n) is 5.38. The van der Waals surface area contributed by atoms with E-state index >= 15 is 0 Å². The van der Waals surface area contributed by atoms with Gasteiger partial charge >= 0.3 is 0 Å². The molecule has 0 aliphatic heterocycles. The van der Waals surface area contributed by atoms with E-state index in [9.17, 15) is 0 Å².